The Morgan fingerprint density at radius 2 is 1.90 bits per heavy atom. The third-order valence-corrected chi connectivity index (χ3v) is 3.56. The highest BCUT2D eigenvalue weighted by Crippen LogP contribution is 2.21. The number of ether oxygens (including phenoxy) is 2. The number of hydrogen-bond donors (Lipinski definition) is 1. The minimum atomic E-state index is -2.92. The van der Waals surface area contributed by atoms with E-state index in [4.69, 9.17) is 4.74 Å². The van der Waals surface area contributed by atoms with Crippen molar-refractivity contribution in [2.75, 3.05) is 11.9 Å². The van der Waals surface area contributed by atoms with Crippen molar-refractivity contribution in [2.24, 2.45) is 0 Å². The summed E-state index contributed by atoms with van der Waals surface area (Å²) in [5.74, 6) is -1.41. The van der Waals surface area contributed by atoms with Crippen LogP contribution in [-0.2, 0) is 14.3 Å². The van der Waals surface area contributed by atoms with E-state index in [-0.39, 0.29) is 11.4 Å². The molecule has 0 spiro atoms. The summed E-state index contributed by atoms with van der Waals surface area (Å²) >= 11 is 0. The fourth-order valence-corrected chi connectivity index (χ4v) is 2.20. The lowest BCUT2D eigenvalue weighted by atomic mass is 10.2. The molecule has 0 heterocycles. The van der Waals surface area contributed by atoms with Crippen LogP contribution in [0.3, 0.4) is 0 Å². The van der Waals surface area contributed by atoms with Crippen molar-refractivity contribution in [3.8, 4) is 5.75 Å². The molecule has 2 rings (SSSR count). The van der Waals surface area contributed by atoms with Gasteiger partial charge in [0.1, 0.15) is 5.75 Å². The fourth-order valence-electron chi connectivity index (χ4n) is 2.20. The number of amides is 1. The molecule has 0 aliphatic rings. The first-order valence-electron chi connectivity index (χ1n) is 8.19. The smallest absolute Gasteiger partial charge is 0.387 e. The molecule has 29 heavy (non-hydrogen) atoms. The topological polar surface area (TPSA) is 108 Å². The third-order valence-electron chi connectivity index (χ3n) is 3.56. The van der Waals surface area contributed by atoms with Crippen molar-refractivity contribution >= 4 is 29.3 Å². The van der Waals surface area contributed by atoms with Crippen LogP contribution in [0.1, 0.15) is 11.1 Å². The van der Waals surface area contributed by atoms with Gasteiger partial charge in [-0.3, -0.25) is 14.9 Å². The zero-order valence-corrected chi connectivity index (χ0v) is 15.1. The number of nitrogens with zero attached hydrogens (tertiary/aromatic N) is 1. The lowest BCUT2D eigenvalue weighted by molar-refractivity contribution is -0.384. The van der Waals surface area contributed by atoms with E-state index in [9.17, 15) is 28.5 Å². The molecule has 152 valence electrons. The van der Waals surface area contributed by atoms with Gasteiger partial charge in [-0.2, -0.15) is 8.78 Å². The molecular formula is C19H16F2N2O6. The van der Waals surface area contributed by atoms with Gasteiger partial charge >= 0.3 is 12.6 Å². The Balaban J connectivity index is 1.83. The Kier molecular flexibility index (Phi) is 7.35. The van der Waals surface area contributed by atoms with Gasteiger partial charge in [-0.15, -0.1) is 0 Å². The maximum absolute atomic E-state index is 12.1. The summed E-state index contributed by atoms with van der Waals surface area (Å²) in [5.41, 5.74) is 1.27. The zero-order chi connectivity index (χ0) is 21.4. The van der Waals surface area contributed by atoms with Gasteiger partial charge < -0.3 is 14.8 Å². The predicted molar refractivity (Wildman–Crippen MR) is 99.5 cm³/mol. The van der Waals surface area contributed by atoms with Gasteiger partial charge in [-0.1, -0.05) is 12.1 Å². The highest BCUT2D eigenvalue weighted by atomic mass is 19.3. The molecule has 8 nitrogen and oxygen atoms in total. The fraction of sp³-hybridized carbons (Fsp3) is 0.158. The number of nitro groups is 1. The highest BCUT2D eigenvalue weighted by molar-refractivity contribution is 5.95. The quantitative estimate of drug-likeness (QED) is 0.310. The standard InChI is InChI=1S/C19H16F2N2O6/c1-12-10-14(23(26)27)5-8-16(12)22-17(24)11-28-18(25)9-4-13-2-6-15(7-3-13)29-19(20)21/h2-10,19H,11H2,1H3,(H,22,24)/b9-4+. The second-order valence-electron chi connectivity index (χ2n) is 5.69. The molecule has 1 N–H and O–H groups in total. The Labute approximate surface area is 163 Å². The maximum atomic E-state index is 12.1. The Hall–Kier alpha value is -3.82. The van der Waals surface area contributed by atoms with Crippen LogP contribution in [0, 0.1) is 17.0 Å². The number of halogens is 2. The summed E-state index contributed by atoms with van der Waals surface area (Å²) < 4.78 is 33.2. The number of anilines is 1. The monoisotopic (exact) mass is 406 g/mol. The molecule has 10 heteroatoms. The van der Waals surface area contributed by atoms with E-state index in [0.717, 1.165) is 6.08 Å². The van der Waals surface area contributed by atoms with E-state index in [0.29, 0.717) is 16.8 Å². The average molecular weight is 406 g/mol. The number of aryl methyl sites for hydroxylation is 1. The number of alkyl halides is 2. The molecule has 0 unspecified atom stereocenters. The highest BCUT2D eigenvalue weighted by Gasteiger charge is 2.11. The van der Waals surface area contributed by atoms with Crippen molar-refractivity contribution in [1.29, 1.82) is 0 Å². The summed E-state index contributed by atoms with van der Waals surface area (Å²) in [5, 5.41) is 13.2. The summed E-state index contributed by atoms with van der Waals surface area (Å²) in [6.45, 7) is -1.89. The van der Waals surface area contributed by atoms with E-state index in [1.54, 1.807) is 6.92 Å². The molecule has 0 aromatic heterocycles. The summed E-state index contributed by atoms with van der Waals surface area (Å²) in [4.78, 5) is 33.7. The number of non-ortho nitro benzene ring substituents is 1. The minimum Gasteiger partial charge on any atom is -0.452 e. The first kappa shape index (κ1) is 21.5. The molecule has 0 aliphatic carbocycles. The molecule has 0 atom stereocenters. The number of hydrogen-bond acceptors (Lipinski definition) is 6. The molecule has 0 radical (unpaired) electrons. The second kappa shape index (κ2) is 9.93. The second-order valence-corrected chi connectivity index (χ2v) is 5.69. The van der Waals surface area contributed by atoms with E-state index >= 15 is 0 Å². The van der Waals surface area contributed by atoms with E-state index < -0.39 is 30.0 Å². The molecule has 0 saturated heterocycles. The van der Waals surface area contributed by atoms with Crippen LogP contribution >= 0.6 is 0 Å². The third kappa shape index (κ3) is 7.01. The lowest BCUT2D eigenvalue weighted by Gasteiger charge is -2.08. The summed E-state index contributed by atoms with van der Waals surface area (Å²) in [7, 11) is 0. The Morgan fingerprint density at radius 3 is 2.48 bits per heavy atom. The molecular weight excluding hydrogens is 390 g/mol. The average Bonchev–Trinajstić information content (AvgIpc) is 2.66. The summed E-state index contributed by atoms with van der Waals surface area (Å²) in [6.07, 6.45) is 2.46. The minimum absolute atomic E-state index is 0.0158. The number of nitro benzene ring substituents is 1. The molecule has 0 fully saturated rings. The SMILES string of the molecule is Cc1cc([N+](=O)[O-])ccc1NC(=O)COC(=O)/C=C/c1ccc(OC(F)F)cc1. The van der Waals surface area contributed by atoms with Gasteiger partial charge in [0.2, 0.25) is 0 Å². The maximum Gasteiger partial charge on any atom is 0.387 e. The number of carbonyl (C=O) groups is 2. The van der Waals surface area contributed by atoms with Gasteiger partial charge in [-0.05, 0) is 42.3 Å². The molecule has 1 amide bonds. The van der Waals surface area contributed by atoms with Crippen molar-refractivity contribution in [1.82, 2.24) is 0 Å². The predicted octanol–water partition coefficient (Wildman–Crippen LogP) is 3.70. The van der Waals surface area contributed by atoms with Gasteiger partial charge in [0.05, 0.1) is 4.92 Å². The molecule has 0 saturated carbocycles. The van der Waals surface area contributed by atoms with E-state index in [2.05, 4.69) is 10.1 Å². The van der Waals surface area contributed by atoms with Crippen molar-refractivity contribution in [3.63, 3.8) is 0 Å². The Morgan fingerprint density at radius 1 is 1.21 bits per heavy atom. The molecule has 2 aromatic rings. The van der Waals surface area contributed by atoms with Gasteiger partial charge in [0, 0.05) is 23.9 Å². The largest absolute Gasteiger partial charge is 0.452 e. The van der Waals surface area contributed by atoms with Gasteiger partial charge in [-0.25, -0.2) is 4.79 Å². The Bertz CT molecular complexity index is 929. The van der Waals surface area contributed by atoms with Crippen molar-refractivity contribution < 1.29 is 32.8 Å². The van der Waals surface area contributed by atoms with Crippen LogP contribution in [0.4, 0.5) is 20.2 Å². The van der Waals surface area contributed by atoms with Crippen LogP contribution < -0.4 is 10.1 Å². The van der Waals surface area contributed by atoms with Crippen molar-refractivity contribution in [3.05, 3.63) is 69.8 Å². The normalized spacial score (nSPS) is 10.8. The van der Waals surface area contributed by atoms with Crippen molar-refractivity contribution in [2.45, 2.75) is 13.5 Å². The van der Waals surface area contributed by atoms with Gasteiger partial charge in [0.15, 0.2) is 6.61 Å². The zero-order valence-electron chi connectivity index (χ0n) is 15.1. The molecule has 2 aromatic carbocycles. The van der Waals surface area contributed by atoms with Gasteiger partial charge in [0.25, 0.3) is 11.6 Å². The van der Waals surface area contributed by atoms with E-state index in [1.165, 1.54) is 48.5 Å². The van der Waals surface area contributed by atoms with E-state index in [1.807, 2.05) is 0 Å². The van der Waals surface area contributed by atoms with Crippen LogP contribution in [-0.4, -0.2) is 30.0 Å². The number of nitrogens with one attached hydrogen (secondary N) is 1. The van der Waals surface area contributed by atoms with Crippen LogP contribution in [0.15, 0.2) is 48.5 Å². The summed E-state index contributed by atoms with van der Waals surface area (Å²) in [6, 6.07) is 9.50. The molecule has 0 aliphatic heterocycles. The number of esters is 1. The number of rotatable bonds is 8. The van der Waals surface area contributed by atoms with Crippen LogP contribution in [0.5, 0.6) is 5.75 Å². The number of benzene rings is 2. The number of carbonyl (C=O) groups excluding carboxylic acids is 2. The molecule has 0 bridgehead atoms. The first-order chi connectivity index (χ1) is 13.7. The lowest BCUT2D eigenvalue weighted by Crippen LogP contribution is -2.20. The van der Waals surface area contributed by atoms with Crippen LogP contribution in [0.25, 0.3) is 6.08 Å². The first-order valence-corrected chi connectivity index (χ1v) is 8.19. The van der Waals surface area contributed by atoms with Crippen LogP contribution in [0.2, 0.25) is 0 Å².